The summed E-state index contributed by atoms with van der Waals surface area (Å²) in [6, 6.07) is 2.04. The average molecular weight is 167 g/mol. The molecular weight excluding hydrogens is 150 g/mol. The second kappa shape index (κ2) is 3.74. The molecule has 2 heteroatoms. The third-order valence-corrected chi connectivity index (χ3v) is 2.26. The number of hydrogen-bond donors (Lipinski definition) is 0. The SMILES string of the molecule is CCC(c1cc(C)no1)C(C)C. The van der Waals surface area contributed by atoms with Gasteiger partial charge in [-0.25, -0.2) is 0 Å². The molecule has 0 saturated heterocycles. The summed E-state index contributed by atoms with van der Waals surface area (Å²) in [6.45, 7) is 8.57. The van der Waals surface area contributed by atoms with Crippen molar-refractivity contribution in [2.75, 3.05) is 0 Å². The number of aryl methyl sites for hydroxylation is 1. The van der Waals surface area contributed by atoms with E-state index < -0.39 is 0 Å². The van der Waals surface area contributed by atoms with E-state index in [9.17, 15) is 0 Å². The van der Waals surface area contributed by atoms with E-state index >= 15 is 0 Å². The fourth-order valence-corrected chi connectivity index (χ4v) is 1.56. The summed E-state index contributed by atoms with van der Waals surface area (Å²) in [4.78, 5) is 0. The molecule has 1 atom stereocenters. The van der Waals surface area contributed by atoms with E-state index in [0.29, 0.717) is 11.8 Å². The highest BCUT2D eigenvalue weighted by atomic mass is 16.5. The lowest BCUT2D eigenvalue weighted by Crippen LogP contribution is -2.03. The van der Waals surface area contributed by atoms with Crippen LogP contribution in [0, 0.1) is 12.8 Å². The first-order valence-corrected chi connectivity index (χ1v) is 4.58. The Morgan fingerprint density at radius 3 is 2.50 bits per heavy atom. The van der Waals surface area contributed by atoms with Crippen LogP contribution in [0.5, 0.6) is 0 Å². The Morgan fingerprint density at radius 2 is 2.17 bits per heavy atom. The van der Waals surface area contributed by atoms with Crippen molar-refractivity contribution in [2.45, 2.75) is 40.0 Å². The Morgan fingerprint density at radius 1 is 1.50 bits per heavy atom. The summed E-state index contributed by atoms with van der Waals surface area (Å²) in [6.07, 6.45) is 1.12. The molecule has 0 aliphatic carbocycles. The molecule has 0 N–H and O–H groups in total. The van der Waals surface area contributed by atoms with Gasteiger partial charge in [0.15, 0.2) is 0 Å². The van der Waals surface area contributed by atoms with Gasteiger partial charge >= 0.3 is 0 Å². The van der Waals surface area contributed by atoms with Gasteiger partial charge in [0.1, 0.15) is 5.76 Å². The van der Waals surface area contributed by atoms with Crippen LogP contribution < -0.4 is 0 Å². The molecule has 0 aliphatic heterocycles. The fourth-order valence-electron chi connectivity index (χ4n) is 1.56. The summed E-state index contributed by atoms with van der Waals surface area (Å²) >= 11 is 0. The summed E-state index contributed by atoms with van der Waals surface area (Å²) in [5.74, 6) is 2.18. The molecule has 0 bridgehead atoms. The number of hydrogen-bond acceptors (Lipinski definition) is 2. The van der Waals surface area contributed by atoms with Crippen LogP contribution in [0.2, 0.25) is 0 Å². The topological polar surface area (TPSA) is 26.0 Å². The van der Waals surface area contributed by atoms with Crippen LogP contribution in [-0.2, 0) is 0 Å². The molecule has 2 nitrogen and oxygen atoms in total. The van der Waals surface area contributed by atoms with Crippen LogP contribution in [0.15, 0.2) is 10.6 Å². The van der Waals surface area contributed by atoms with Gasteiger partial charge < -0.3 is 4.52 Å². The van der Waals surface area contributed by atoms with Crippen LogP contribution in [0.3, 0.4) is 0 Å². The van der Waals surface area contributed by atoms with Crippen molar-refractivity contribution in [1.29, 1.82) is 0 Å². The lowest BCUT2D eigenvalue weighted by Gasteiger charge is -2.14. The van der Waals surface area contributed by atoms with E-state index in [4.69, 9.17) is 4.52 Å². The van der Waals surface area contributed by atoms with Gasteiger partial charge in [-0.1, -0.05) is 25.9 Å². The van der Waals surface area contributed by atoms with Gasteiger partial charge in [0.25, 0.3) is 0 Å². The highest BCUT2D eigenvalue weighted by Gasteiger charge is 2.17. The third kappa shape index (κ3) is 1.87. The maximum absolute atomic E-state index is 5.23. The lowest BCUT2D eigenvalue weighted by molar-refractivity contribution is 0.322. The number of aromatic nitrogens is 1. The molecule has 1 heterocycles. The van der Waals surface area contributed by atoms with Gasteiger partial charge in [-0.05, 0) is 19.3 Å². The summed E-state index contributed by atoms with van der Waals surface area (Å²) in [5, 5.41) is 3.89. The molecule has 0 aliphatic rings. The molecule has 1 rings (SSSR count). The van der Waals surface area contributed by atoms with E-state index in [0.717, 1.165) is 17.9 Å². The third-order valence-electron chi connectivity index (χ3n) is 2.26. The lowest BCUT2D eigenvalue weighted by atomic mass is 9.91. The van der Waals surface area contributed by atoms with Crippen LogP contribution in [0.25, 0.3) is 0 Å². The Bertz CT molecular complexity index is 240. The molecule has 1 unspecified atom stereocenters. The monoisotopic (exact) mass is 167 g/mol. The molecule has 1 aromatic rings. The molecule has 0 radical (unpaired) electrons. The molecule has 0 spiro atoms. The van der Waals surface area contributed by atoms with Crippen LogP contribution in [0.4, 0.5) is 0 Å². The van der Waals surface area contributed by atoms with Gasteiger partial charge in [-0.2, -0.15) is 0 Å². The molecule has 0 aromatic carbocycles. The highest BCUT2D eigenvalue weighted by molar-refractivity contribution is 5.08. The summed E-state index contributed by atoms with van der Waals surface area (Å²) in [5.41, 5.74) is 0.976. The van der Waals surface area contributed by atoms with E-state index in [1.807, 2.05) is 13.0 Å². The van der Waals surface area contributed by atoms with Crippen molar-refractivity contribution in [3.63, 3.8) is 0 Å². The maximum atomic E-state index is 5.23. The largest absolute Gasteiger partial charge is 0.361 e. The van der Waals surface area contributed by atoms with E-state index in [2.05, 4.69) is 25.9 Å². The van der Waals surface area contributed by atoms with Gasteiger partial charge in [-0.15, -0.1) is 0 Å². The van der Waals surface area contributed by atoms with Crippen molar-refractivity contribution in [3.05, 3.63) is 17.5 Å². The summed E-state index contributed by atoms with van der Waals surface area (Å²) in [7, 11) is 0. The Hall–Kier alpha value is -0.790. The Balaban J connectivity index is 2.80. The Kier molecular flexibility index (Phi) is 2.90. The number of rotatable bonds is 3. The van der Waals surface area contributed by atoms with Gasteiger partial charge in [0, 0.05) is 12.0 Å². The minimum atomic E-state index is 0.520. The molecular formula is C10H17NO. The van der Waals surface area contributed by atoms with Gasteiger partial charge in [0.05, 0.1) is 5.69 Å². The van der Waals surface area contributed by atoms with E-state index in [1.165, 1.54) is 0 Å². The second-order valence-electron chi connectivity index (χ2n) is 3.63. The zero-order valence-corrected chi connectivity index (χ0v) is 8.29. The van der Waals surface area contributed by atoms with Crippen molar-refractivity contribution >= 4 is 0 Å². The second-order valence-corrected chi connectivity index (χ2v) is 3.63. The maximum Gasteiger partial charge on any atom is 0.140 e. The number of nitrogens with zero attached hydrogens (tertiary/aromatic N) is 1. The molecule has 0 fully saturated rings. The minimum absolute atomic E-state index is 0.520. The quantitative estimate of drug-likeness (QED) is 0.691. The molecule has 0 saturated carbocycles. The smallest absolute Gasteiger partial charge is 0.140 e. The molecule has 0 amide bonds. The van der Waals surface area contributed by atoms with Crippen molar-refractivity contribution in [2.24, 2.45) is 5.92 Å². The first-order valence-electron chi connectivity index (χ1n) is 4.58. The van der Waals surface area contributed by atoms with Crippen LogP contribution in [-0.4, -0.2) is 5.16 Å². The van der Waals surface area contributed by atoms with E-state index in [-0.39, 0.29) is 0 Å². The normalized spacial score (nSPS) is 13.8. The van der Waals surface area contributed by atoms with E-state index in [1.54, 1.807) is 0 Å². The van der Waals surface area contributed by atoms with Gasteiger partial charge in [-0.3, -0.25) is 0 Å². The predicted octanol–water partition coefficient (Wildman–Crippen LogP) is 3.13. The van der Waals surface area contributed by atoms with Crippen molar-refractivity contribution < 1.29 is 4.52 Å². The minimum Gasteiger partial charge on any atom is -0.361 e. The first-order chi connectivity index (χ1) is 5.65. The highest BCUT2D eigenvalue weighted by Crippen LogP contribution is 2.27. The summed E-state index contributed by atoms with van der Waals surface area (Å²) < 4.78 is 5.23. The van der Waals surface area contributed by atoms with Crippen LogP contribution in [0.1, 0.15) is 44.6 Å². The van der Waals surface area contributed by atoms with Crippen LogP contribution >= 0.6 is 0 Å². The fraction of sp³-hybridized carbons (Fsp3) is 0.700. The standard InChI is InChI=1S/C10H17NO/c1-5-9(7(2)3)10-6-8(4)11-12-10/h6-7,9H,5H2,1-4H3. The predicted molar refractivity (Wildman–Crippen MR) is 49.1 cm³/mol. The molecule has 1 aromatic heterocycles. The zero-order valence-electron chi connectivity index (χ0n) is 8.29. The van der Waals surface area contributed by atoms with Gasteiger partial charge in [0.2, 0.25) is 0 Å². The first kappa shape index (κ1) is 9.30. The zero-order chi connectivity index (χ0) is 9.14. The molecule has 68 valence electrons. The van der Waals surface area contributed by atoms with Crippen molar-refractivity contribution in [1.82, 2.24) is 5.16 Å². The molecule has 12 heavy (non-hydrogen) atoms. The Labute approximate surface area is 74.0 Å². The van der Waals surface area contributed by atoms with Crippen molar-refractivity contribution in [3.8, 4) is 0 Å². The average Bonchev–Trinajstić information content (AvgIpc) is 2.37.